The number of rotatable bonds is 5. The first kappa shape index (κ1) is 15.4. The second kappa shape index (κ2) is 6.63. The Balaban J connectivity index is 2.21. The van der Waals surface area contributed by atoms with E-state index < -0.39 is 17.5 Å². The lowest BCUT2D eigenvalue weighted by Gasteiger charge is -2.14. The summed E-state index contributed by atoms with van der Waals surface area (Å²) in [7, 11) is 0. The predicted molar refractivity (Wildman–Crippen MR) is 74.9 cm³/mol. The Labute approximate surface area is 121 Å². The Morgan fingerprint density at radius 1 is 1.00 bits per heavy atom. The number of hydrogen-bond donors (Lipinski definition) is 1. The normalized spacial score (nSPS) is 12.2. The Bertz CT molecular complexity index is 631. The molecule has 0 heterocycles. The zero-order valence-electron chi connectivity index (χ0n) is 11.8. The summed E-state index contributed by atoms with van der Waals surface area (Å²) in [5, 5.41) is 3.16. The second-order valence-electron chi connectivity index (χ2n) is 4.65. The summed E-state index contributed by atoms with van der Waals surface area (Å²) >= 11 is 0. The molecule has 2 aromatic rings. The number of benzene rings is 2. The van der Waals surface area contributed by atoms with Crippen molar-refractivity contribution in [3.8, 4) is 11.5 Å². The van der Waals surface area contributed by atoms with Gasteiger partial charge in [-0.2, -0.15) is 0 Å². The Kier molecular flexibility index (Phi) is 4.85. The maximum absolute atomic E-state index is 14.0. The van der Waals surface area contributed by atoms with Crippen LogP contribution in [0.15, 0.2) is 36.4 Å². The third-order valence-electron chi connectivity index (χ3n) is 3.08. The summed E-state index contributed by atoms with van der Waals surface area (Å²) in [6.07, 6.45) is 0. The van der Waals surface area contributed by atoms with E-state index in [1.807, 2.05) is 13.8 Å². The zero-order chi connectivity index (χ0) is 15.4. The minimum Gasteiger partial charge on any atom is -0.451 e. The fraction of sp³-hybridized carbons (Fsp3) is 0.250. The Morgan fingerprint density at radius 2 is 1.62 bits per heavy atom. The van der Waals surface area contributed by atoms with Crippen molar-refractivity contribution < 1.29 is 17.9 Å². The molecule has 0 spiro atoms. The molecule has 0 radical (unpaired) electrons. The van der Waals surface area contributed by atoms with Gasteiger partial charge in [-0.25, -0.2) is 13.2 Å². The smallest absolute Gasteiger partial charge is 0.168 e. The third-order valence-corrected chi connectivity index (χ3v) is 3.08. The van der Waals surface area contributed by atoms with Gasteiger partial charge in [0.05, 0.1) is 0 Å². The van der Waals surface area contributed by atoms with E-state index in [1.165, 1.54) is 12.1 Å². The predicted octanol–water partition coefficient (Wildman–Crippen LogP) is 4.57. The van der Waals surface area contributed by atoms with Crippen LogP contribution >= 0.6 is 0 Å². The van der Waals surface area contributed by atoms with Gasteiger partial charge in [-0.05, 0) is 43.3 Å². The minimum atomic E-state index is -0.875. The number of nitrogens with one attached hydrogen (secondary N) is 1. The van der Waals surface area contributed by atoms with Gasteiger partial charge in [-0.1, -0.05) is 13.0 Å². The van der Waals surface area contributed by atoms with Crippen molar-refractivity contribution in [2.75, 3.05) is 6.54 Å². The van der Waals surface area contributed by atoms with Crippen LogP contribution in [0.2, 0.25) is 0 Å². The maximum atomic E-state index is 14.0. The lowest BCUT2D eigenvalue weighted by molar-refractivity contribution is 0.411. The zero-order valence-corrected chi connectivity index (χ0v) is 11.8. The fourth-order valence-corrected chi connectivity index (χ4v) is 1.97. The molecule has 0 fully saturated rings. The van der Waals surface area contributed by atoms with Gasteiger partial charge in [0, 0.05) is 12.1 Å². The quantitative estimate of drug-likeness (QED) is 0.872. The molecule has 0 aliphatic heterocycles. The van der Waals surface area contributed by atoms with Crippen LogP contribution in [0.25, 0.3) is 0 Å². The highest BCUT2D eigenvalue weighted by Crippen LogP contribution is 2.28. The van der Waals surface area contributed by atoms with E-state index in [4.69, 9.17) is 4.74 Å². The van der Waals surface area contributed by atoms with Crippen molar-refractivity contribution in [2.45, 2.75) is 19.9 Å². The Hall–Kier alpha value is -2.01. The molecule has 2 rings (SSSR count). The van der Waals surface area contributed by atoms with Gasteiger partial charge in [-0.15, -0.1) is 0 Å². The molecule has 0 aliphatic rings. The summed E-state index contributed by atoms with van der Waals surface area (Å²) in [5.74, 6) is -2.51. The van der Waals surface area contributed by atoms with Crippen LogP contribution in [0, 0.1) is 17.5 Å². The van der Waals surface area contributed by atoms with Crippen molar-refractivity contribution in [3.05, 3.63) is 59.4 Å². The first-order chi connectivity index (χ1) is 10.0. The molecule has 1 N–H and O–H groups in total. The molecule has 21 heavy (non-hydrogen) atoms. The molecule has 0 aromatic heterocycles. The van der Waals surface area contributed by atoms with Gasteiger partial charge in [0.1, 0.15) is 5.82 Å². The van der Waals surface area contributed by atoms with Crippen LogP contribution in [-0.4, -0.2) is 6.54 Å². The van der Waals surface area contributed by atoms with E-state index in [9.17, 15) is 13.2 Å². The average Bonchev–Trinajstić information content (AvgIpc) is 2.44. The van der Waals surface area contributed by atoms with Crippen molar-refractivity contribution in [3.63, 3.8) is 0 Å². The standard InChI is InChI=1S/C16H16F3NO/c1-3-20-10(2)11-4-6-15(13(18)8-11)21-16-7-5-12(17)9-14(16)19/h4-10,20H,3H2,1-2H3. The molecule has 0 aliphatic carbocycles. The van der Waals surface area contributed by atoms with Crippen molar-refractivity contribution >= 4 is 0 Å². The summed E-state index contributed by atoms with van der Waals surface area (Å²) in [6.45, 7) is 4.64. The molecule has 1 unspecified atom stereocenters. The van der Waals surface area contributed by atoms with Gasteiger partial charge >= 0.3 is 0 Å². The molecule has 0 saturated heterocycles. The molecule has 112 valence electrons. The molecule has 1 atom stereocenters. The van der Waals surface area contributed by atoms with E-state index in [0.717, 1.165) is 24.2 Å². The summed E-state index contributed by atoms with van der Waals surface area (Å²) in [6, 6.07) is 7.34. The van der Waals surface area contributed by atoms with Gasteiger partial charge in [0.25, 0.3) is 0 Å². The van der Waals surface area contributed by atoms with Gasteiger partial charge < -0.3 is 10.1 Å². The van der Waals surface area contributed by atoms with Gasteiger partial charge in [0.15, 0.2) is 23.1 Å². The summed E-state index contributed by atoms with van der Waals surface area (Å²) in [4.78, 5) is 0. The van der Waals surface area contributed by atoms with E-state index in [0.29, 0.717) is 6.07 Å². The number of ether oxygens (including phenoxy) is 1. The van der Waals surface area contributed by atoms with Gasteiger partial charge in [0.2, 0.25) is 0 Å². The van der Waals surface area contributed by atoms with E-state index in [-0.39, 0.29) is 17.5 Å². The molecular formula is C16H16F3NO. The van der Waals surface area contributed by atoms with E-state index in [2.05, 4.69) is 5.32 Å². The maximum Gasteiger partial charge on any atom is 0.168 e. The lowest BCUT2D eigenvalue weighted by Crippen LogP contribution is -2.17. The van der Waals surface area contributed by atoms with Crippen LogP contribution in [0.4, 0.5) is 13.2 Å². The highest BCUT2D eigenvalue weighted by Gasteiger charge is 2.12. The highest BCUT2D eigenvalue weighted by molar-refractivity contribution is 5.36. The van der Waals surface area contributed by atoms with Gasteiger partial charge in [-0.3, -0.25) is 0 Å². The van der Waals surface area contributed by atoms with Crippen LogP contribution in [-0.2, 0) is 0 Å². The van der Waals surface area contributed by atoms with Crippen LogP contribution in [0.5, 0.6) is 11.5 Å². The van der Waals surface area contributed by atoms with Crippen LogP contribution in [0.3, 0.4) is 0 Å². The molecule has 0 bridgehead atoms. The molecule has 2 aromatic carbocycles. The fourth-order valence-electron chi connectivity index (χ4n) is 1.97. The Morgan fingerprint density at radius 3 is 2.19 bits per heavy atom. The number of hydrogen-bond acceptors (Lipinski definition) is 2. The third kappa shape index (κ3) is 3.76. The van der Waals surface area contributed by atoms with Crippen molar-refractivity contribution in [2.24, 2.45) is 0 Å². The average molecular weight is 295 g/mol. The molecule has 2 nitrogen and oxygen atoms in total. The van der Waals surface area contributed by atoms with Crippen molar-refractivity contribution in [1.29, 1.82) is 0 Å². The lowest BCUT2D eigenvalue weighted by atomic mass is 10.1. The molecule has 5 heteroatoms. The summed E-state index contributed by atoms with van der Waals surface area (Å²) in [5.41, 5.74) is 0.765. The van der Waals surface area contributed by atoms with E-state index in [1.54, 1.807) is 6.07 Å². The molecule has 0 amide bonds. The monoisotopic (exact) mass is 295 g/mol. The van der Waals surface area contributed by atoms with E-state index >= 15 is 0 Å². The topological polar surface area (TPSA) is 21.3 Å². The van der Waals surface area contributed by atoms with Crippen molar-refractivity contribution in [1.82, 2.24) is 5.32 Å². The molecular weight excluding hydrogens is 279 g/mol. The first-order valence-electron chi connectivity index (χ1n) is 6.67. The molecule has 0 saturated carbocycles. The summed E-state index contributed by atoms with van der Waals surface area (Å²) < 4.78 is 45.4. The van der Waals surface area contributed by atoms with Crippen LogP contribution < -0.4 is 10.1 Å². The second-order valence-corrected chi connectivity index (χ2v) is 4.65. The van der Waals surface area contributed by atoms with Crippen LogP contribution in [0.1, 0.15) is 25.5 Å². The highest BCUT2D eigenvalue weighted by atomic mass is 19.1. The number of halogens is 3. The SMILES string of the molecule is CCNC(C)c1ccc(Oc2ccc(F)cc2F)c(F)c1. The largest absolute Gasteiger partial charge is 0.451 e. The minimum absolute atomic E-state index is 0.00103. The first-order valence-corrected chi connectivity index (χ1v) is 6.67.